The fraction of sp³-hybridized carbons (Fsp3) is 0.111. The highest BCUT2D eigenvalue weighted by Gasteiger charge is 1.99. The molecule has 0 aromatic carbocycles. The van der Waals surface area contributed by atoms with E-state index in [2.05, 4.69) is 15.2 Å². The van der Waals surface area contributed by atoms with E-state index in [1.54, 1.807) is 25.7 Å². The van der Waals surface area contributed by atoms with Crippen molar-refractivity contribution in [1.82, 2.24) is 15.2 Å². The predicted molar refractivity (Wildman–Crippen MR) is 48.4 cm³/mol. The predicted octanol–water partition coefficient (Wildman–Crippen LogP) is 1.48. The normalized spacial score (nSPS) is 9.92. The minimum atomic E-state index is 0.757. The fourth-order valence-electron chi connectivity index (χ4n) is 1.06. The van der Waals surface area contributed by atoms with Gasteiger partial charge in [0.25, 0.3) is 0 Å². The van der Waals surface area contributed by atoms with Gasteiger partial charge in [-0.1, -0.05) is 0 Å². The molecule has 66 valence electrons. The van der Waals surface area contributed by atoms with Crippen molar-refractivity contribution >= 4 is 0 Å². The van der Waals surface area contributed by atoms with Crippen molar-refractivity contribution in [3.05, 3.63) is 30.7 Å². The molecule has 0 radical (unpaired) electrons. The minimum Gasteiger partial charge on any atom is -0.495 e. The molecule has 0 aliphatic heterocycles. The summed E-state index contributed by atoms with van der Waals surface area (Å²) in [7, 11) is 1.62. The molecule has 0 atom stereocenters. The lowest BCUT2D eigenvalue weighted by molar-refractivity contribution is 0.413. The molecule has 0 fully saturated rings. The van der Waals surface area contributed by atoms with Crippen LogP contribution in [-0.4, -0.2) is 22.3 Å². The van der Waals surface area contributed by atoms with Gasteiger partial charge in [-0.15, -0.1) is 0 Å². The maximum atomic E-state index is 5.00. The van der Waals surface area contributed by atoms with E-state index in [0.29, 0.717) is 0 Å². The molecule has 0 saturated heterocycles. The third-order valence-electron chi connectivity index (χ3n) is 1.77. The van der Waals surface area contributed by atoms with Crippen LogP contribution in [-0.2, 0) is 0 Å². The van der Waals surface area contributed by atoms with Gasteiger partial charge in [-0.05, 0) is 12.1 Å². The highest BCUT2D eigenvalue weighted by atomic mass is 16.5. The summed E-state index contributed by atoms with van der Waals surface area (Å²) in [5.41, 5.74) is 1.86. The second kappa shape index (κ2) is 3.26. The smallest absolute Gasteiger partial charge is 0.137 e. The van der Waals surface area contributed by atoms with Crippen LogP contribution in [0.15, 0.2) is 30.7 Å². The van der Waals surface area contributed by atoms with Crippen molar-refractivity contribution in [2.45, 2.75) is 0 Å². The van der Waals surface area contributed by atoms with Gasteiger partial charge in [-0.3, -0.25) is 10.1 Å². The van der Waals surface area contributed by atoms with E-state index in [-0.39, 0.29) is 0 Å². The Morgan fingerprint density at radius 3 is 2.77 bits per heavy atom. The molecule has 0 amide bonds. The molecule has 2 heterocycles. The zero-order valence-corrected chi connectivity index (χ0v) is 7.19. The van der Waals surface area contributed by atoms with E-state index in [9.17, 15) is 0 Å². The first kappa shape index (κ1) is 7.79. The lowest BCUT2D eigenvalue weighted by Gasteiger charge is -1.99. The van der Waals surface area contributed by atoms with Crippen LogP contribution in [0.4, 0.5) is 0 Å². The van der Waals surface area contributed by atoms with E-state index in [1.807, 2.05) is 12.1 Å². The van der Waals surface area contributed by atoms with Crippen LogP contribution < -0.4 is 4.74 Å². The molecule has 2 aromatic heterocycles. The van der Waals surface area contributed by atoms with Gasteiger partial charge in [0, 0.05) is 11.8 Å². The molecule has 0 aliphatic rings. The van der Waals surface area contributed by atoms with Crippen LogP contribution >= 0.6 is 0 Å². The molecular formula is C9H9N3O. The summed E-state index contributed by atoms with van der Waals surface area (Å²) in [5.74, 6) is 0.757. The minimum absolute atomic E-state index is 0.757. The van der Waals surface area contributed by atoms with Gasteiger partial charge in [0.05, 0.1) is 25.2 Å². The number of nitrogens with zero attached hydrogens (tertiary/aromatic N) is 2. The highest BCUT2D eigenvalue weighted by molar-refractivity contribution is 5.56. The fourth-order valence-corrected chi connectivity index (χ4v) is 1.06. The maximum absolute atomic E-state index is 5.00. The van der Waals surface area contributed by atoms with Crippen LogP contribution in [0.1, 0.15) is 0 Å². The topological polar surface area (TPSA) is 50.8 Å². The number of H-pyrrole nitrogens is 1. The quantitative estimate of drug-likeness (QED) is 0.752. The van der Waals surface area contributed by atoms with Crippen LogP contribution in [0.5, 0.6) is 5.75 Å². The van der Waals surface area contributed by atoms with E-state index >= 15 is 0 Å². The largest absolute Gasteiger partial charge is 0.495 e. The third kappa shape index (κ3) is 1.51. The zero-order valence-electron chi connectivity index (χ0n) is 7.19. The molecule has 4 nitrogen and oxygen atoms in total. The van der Waals surface area contributed by atoms with Gasteiger partial charge in [-0.25, -0.2) is 0 Å². The van der Waals surface area contributed by atoms with Crippen molar-refractivity contribution in [2.24, 2.45) is 0 Å². The molecule has 2 aromatic rings. The van der Waals surface area contributed by atoms with E-state index in [1.165, 1.54) is 0 Å². The van der Waals surface area contributed by atoms with Gasteiger partial charge in [0.2, 0.25) is 0 Å². The Bertz CT molecular complexity index is 366. The Kier molecular flexibility index (Phi) is 1.96. The second-order valence-corrected chi connectivity index (χ2v) is 2.57. The maximum Gasteiger partial charge on any atom is 0.137 e. The first-order valence-electron chi connectivity index (χ1n) is 3.89. The number of pyridine rings is 1. The Labute approximate surface area is 75.6 Å². The Balaban J connectivity index is 2.33. The van der Waals surface area contributed by atoms with Crippen LogP contribution in [0, 0.1) is 0 Å². The van der Waals surface area contributed by atoms with E-state index in [4.69, 9.17) is 4.74 Å². The average molecular weight is 175 g/mol. The summed E-state index contributed by atoms with van der Waals surface area (Å²) in [6, 6.07) is 3.76. The summed E-state index contributed by atoms with van der Waals surface area (Å²) >= 11 is 0. The number of methoxy groups -OCH3 is 1. The van der Waals surface area contributed by atoms with Crippen molar-refractivity contribution in [2.75, 3.05) is 7.11 Å². The summed E-state index contributed by atoms with van der Waals surface area (Å²) in [6.07, 6.45) is 5.21. The van der Waals surface area contributed by atoms with Gasteiger partial charge in [0.1, 0.15) is 5.75 Å². The Morgan fingerprint density at radius 2 is 2.23 bits per heavy atom. The molecule has 0 saturated carbocycles. The molecule has 4 heteroatoms. The number of hydrogen-bond donors (Lipinski definition) is 1. The lowest BCUT2D eigenvalue weighted by atomic mass is 10.2. The van der Waals surface area contributed by atoms with Crippen molar-refractivity contribution < 1.29 is 4.74 Å². The number of ether oxygens (including phenoxy) is 1. The van der Waals surface area contributed by atoms with Gasteiger partial charge < -0.3 is 4.74 Å². The summed E-state index contributed by atoms with van der Waals surface area (Å²) in [5, 5.41) is 6.58. The first-order valence-corrected chi connectivity index (χ1v) is 3.89. The van der Waals surface area contributed by atoms with Gasteiger partial charge in [0.15, 0.2) is 0 Å². The molecule has 0 unspecified atom stereocenters. The Morgan fingerprint density at radius 1 is 1.31 bits per heavy atom. The average Bonchev–Trinajstić information content (AvgIpc) is 2.71. The SMILES string of the molecule is COc1ccc(-c2cn[nH]c2)nc1. The molecule has 0 aliphatic carbocycles. The zero-order chi connectivity index (χ0) is 9.10. The van der Waals surface area contributed by atoms with E-state index in [0.717, 1.165) is 17.0 Å². The number of nitrogens with one attached hydrogen (secondary N) is 1. The first-order chi connectivity index (χ1) is 6.40. The van der Waals surface area contributed by atoms with Crippen molar-refractivity contribution in [3.8, 4) is 17.0 Å². The van der Waals surface area contributed by atoms with Crippen LogP contribution in [0.2, 0.25) is 0 Å². The lowest BCUT2D eigenvalue weighted by Crippen LogP contribution is -1.85. The van der Waals surface area contributed by atoms with Gasteiger partial charge >= 0.3 is 0 Å². The number of hydrogen-bond acceptors (Lipinski definition) is 3. The molecule has 2 rings (SSSR count). The van der Waals surface area contributed by atoms with Crippen LogP contribution in [0.25, 0.3) is 11.3 Å². The number of rotatable bonds is 2. The Hall–Kier alpha value is -1.84. The van der Waals surface area contributed by atoms with Crippen LogP contribution in [0.3, 0.4) is 0 Å². The van der Waals surface area contributed by atoms with E-state index < -0.39 is 0 Å². The summed E-state index contributed by atoms with van der Waals surface area (Å²) in [4.78, 5) is 4.21. The summed E-state index contributed by atoms with van der Waals surface area (Å²) in [6.45, 7) is 0. The standard InChI is InChI=1S/C9H9N3O/c1-13-8-2-3-9(10-6-8)7-4-11-12-5-7/h2-6H,1H3,(H,11,12). The number of aromatic nitrogens is 3. The summed E-state index contributed by atoms with van der Waals surface area (Å²) < 4.78 is 5.00. The second-order valence-electron chi connectivity index (χ2n) is 2.57. The van der Waals surface area contributed by atoms with Crippen molar-refractivity contribution in [3.63, 3.8) is 0 Å². The molecular weight excluding hydrogens is 166 g/mol. The van der Waals surface area contributed by atoms with Gasteiger partial charge in [-0.2, -0.15) is 5.10 Å². The highest BCUT2D eigenvalue weighted by Crippen LogP contribution is 2.17. The molecule has 0 spiro atoms. The third-order valence-corrected chi connectivity index (χ3v) is 1.77. The molecule has 0 bridgehead atoms. The number of aromatic amines is 1. The molecule has 1 N–H and O–H groups in total. The van der Waals surface area contributed by atoms with Crippen molar-refractivity contribution in [1.29, 1.82) is 0 Å². The molecule has 13 heavy (non-hydrogen) atoms. The monoisotopic (exact) mass is 175 g/mol.